The van der Waals surface area contributed by atoms with Gasteiger partial charge in [0, 0.05) is 43.8 Å². The fourth-order valence-electron chi connectivity index (χ4n) is 3.21. The summed E-state index contributed by atoms with van der Waals surface area (Å²) in [7, 11) is 1.93. The smallest absolute Gasteiger partial charge is 0.272 e. The second kappa shape index (κ2) is 5.44. The molecule has 21 heavy (non-hydrogen) atoms. The van der Waals surface area contributed by atoms with Gasteiger partial charge in [-0.05, 0) is 38.7 Å². The van der Waals surface area contributed by atoms with Crippen LogP contribution in [0, 0.1) is 5.92 Å². The Balaban J connectivity index is 1.65. The molecule has 0 aromatic carbocycles. The molecule has 1 N–H and O–H groups in total. The molecule has 5 heteroatoms. The molecule has 3 rings (SSSR count). The van der Waals surface area contributed by atoms with E-state index in [-0.39, 0.29) is 11.9 Å². The predicted octanol–water partition coefficient (Wildman–Crippen LogP) is 1.76. The molecule has 2 unspecified atom stereocenters. The summed E-state index contributed by atoms with van der Waals surface area (Å²) >= 11 is 0. The minimum absolute atomic E-state index is 0.0278. The Morgan fingerprint density at radius 2 is 2.10 bits per heavy atom. The number of carbonyl (C=O) groups excluding carboxylic acids is 1. The van der Waals surface area contributed by atoms with Gasteiger partial charge in [0.15, 0.2) is 0 Å². The average Bonchev–Trinajstić information content (AvgIpc) is 3.09. The number of aromatic nitrogens is 2. The summed E-state index contributed by atoms with van der Waals surface area (Å²) in [5, 5.41) is 7.56. The van der Waals surface area contributed by atoms with Crippen LogP contribution in [-0.2, 0) is 7.05 Å². The van der Waals surface area contributed by atoms with Crippen LogP contribution in [0.2, 0.25) is 0 Å². The number of nitrogens with one attached hydrogen (secondary N) is 1. The lowest BCUT2D eigenvalue weighted by atomic mass is 10.1. The maximum absolute atomic E-state index is 12.4. The average molecular weight is 290 g/mol. The van der Waals surface area contributed by atoms with Crippen molar-refractivity contribution in [2.24, 2.45) is 13.0 Å². The lowest BCUT2D eigenvalue weighted by molar-refractivity contribution is 0.0925. The van der Waals surface area contributed by atoms with Crippen LogP contribution in [0.5, 0.6) is 0 Å². The third kappa shape index (κ3) is 2.98. The van der Waals surface area contributed by atoms with Gasteiger partial charge in [-0.25, -0.2) is 0 Å². The van der Waals surface area contributed by atoms with Gasteiger partial charge in [0.2, 0.25) is 0 Å². The number of nitrogens with zero attached hydrogens (tertiary/aromatic N) is 3. The summed E-state index contributed by atoms with van der Waals surface area (Å²) in [6.45, 7) is 8.61. The Hall–Kier alpha value is -1.36. The van der Waals surface area contributed by atoms with Crippen LogP contribution in [0.1, 0.15) is 55.7 Å². The van der Waals surface area contributed by atoms with Crippen molar-refractivity contribution >= 4 is 5.91 Å². The third-order valence-corrected chi connectivity index (χ3v) is 4.83. The fourth-order valence-corrected chi connectivity index (χ4v) is 3.21. The Bertz CT molecular complexity index is 532. The zero-order valence-electron chi connectivity index (χ0n) is 13.5. The molecule has 116 valence electrons. The largest absolute Gasteiger partial charge is 0.346 e. The number of carbonyl (C=O) groups is 1. The molecule has 0 spiro atoms. The van der Waals surface area contributed by atoms with Crippen LogP contribution < -0.4 is 5.32 Å². The van der Waals surface area contributed by atoms with Crippen LogP contribution in [0.15, 0.2) is 6.07 Å². The van der Waals surface area contributed by atoms with Crippen LogP contribution in [-0.4, -0.2) is 45.8 Å². The second-order valence-electron chi connectivity index (χ2n) is 6.96. The Kier molecular flexibility index (Phi) is 3.78. The van der Waals surface area contributed by atoms with E-state index in [0.717, 1.165) is 13.1 Å². The quantitative estimate of drug-likeness (QED) is 0.919. The molecule has 5 nitrogen and oxygen atoms in total. The van der Waals surface area contributed by atoms with Crippen molar-refractivity contribution in [1.29, 1.82) is 0 Å². The Morgan fingerprint density at radius 1 is 1.38 bits per heavy atom. The van der Waals surface area contributed by atoms with E-state index in [1.807, 2.05) is 17.8 Å². The summed E-state index contributed by atoms with van der Waals surface area (Å²) < 4.78 is 1.87. The normalized spacial score (nSPS) is 26.5. The lowest BCUT2D eigenvalue weighted by Gasteiger charge is -2.20. The molecule has 0 bridgehead atoms. The van der Waals surface area contributed by atoms with Crippen LogP contribution in [0.3, 0.4) is 0 Å². The summed E-state index contributed by atoms with van der Waals surface area (Å²) in [4.78, 5) is 14.8. The van der Waals surface area contributed by atoms with Crippen molar-refractivity contribution in [3.63, 3.8) is 0 Å². The van der Waals surface area contributed by atoms with Crippen molar-refractivity contribution in [3.05, 3.63) is 17.5 Å². The summed E-state index contributed by atoms with van der Waals surface area (Å²) in [5.74, 6) is 1.08. The Morgan fingerprint density at radius 3 is 2.67 bits per heavy atom. The van der Waals surface area contributed by atoms with Gasteiger partial charge >= 0.3 is 0 Å². The van der Waals surface area contributed by atoms with Crippen molar-refractivity contribution < 1.29 is 4.79 Å². The minimum atomic E-state index is -0.0278. The number of likely N-dealkylation sites (tertiary alicyclic amines) is 1. The first-order chi connectivity index (χ1) is 9.95. The molecule has 1 saturated heterocycles. The van der Waals surface area contributed by atoms with Crippen LogP contribution >= 0.6 is 0 Å². The van der Waals surface area contributed by atoms with E-state index < -0.39 is 0 Å². The van der Waals surface area contributed by atoms with Crippen LogP contribution in [0.25, 0.3) is 0 Å². The maximum atomic E-state index is 12.4. The second-order valence-corrected chi connectivity index (χ2v) is 6.96. The summed E-state index contributed by atoms with van der Waals surface area (Å²) in [6, 6.07) is 2.73. The van der Waals surface area contributed by atoms with E-state index in [4.69, 9.17) is 0 Å². The maximum Gasteiger partial charge on any atom is 0.272 e. The molecule has 2 heterocycles. The highest BCUT2D eigenvalue weighted by molar-refractivity contribution is 5.92. The summed E-state index contributed by atoms with van der Waals surface area (Å²) in [6.07, 6.45) is 2.45. The molecule has 2 atom stereocenters. The lowest BCUT2D eigenvalue weighted by Crippen LogP contribution is -2.40. The number of rotatable bonds is 4. The predicted molar refractivity (Wildman–Crippen MR) is 82.3 cm³/mol. The highest BCUT2D eigenvalue weighted by Crippen LogP contribution is 2.39. The molecular weight excluding hydrogens is 264 g/mol. The topological polar surface area (TPSA) is 50.2 Å². The first-order valence-corrected chi connectivity index (χ1v) is 8.04. The highest BCUT2D eigenvalue weighted by atomic mass is 16.2. The first-order valence-electron chi connectivity index (χ1n) is 8.04. The molecule has 1 aromatic rings. The van der Waals surface area contributed by atoms with E-state index in [0.29, 0.717) is 23.6 Å². The number of hydrogen-bond donors (Lipinski definition) is 1. The SMILES string of the molecule is CC1CN(C(C)C)CC1NC(=O)c1cc(C2CC2)n(C)n1. The molecule has 1 aliphatic heterocycles. The number of aryl methyl sites for hydroxylation is 1. The van der Waals surface area contributed by atoms with Crippen LogP contribution in [0.4, 0.5) is 0 Å². The molecule has 1 saturated carbocycles. The Labute approximate surface area is 126 Å². The third-order valence-electron chi connectivity index (χ3n) is 4.83. The van der Waals surface area contributed by atoms with Crippen molar-refractivity contribution in [2.75, 3.05) is 13.1 Å². The molecule has 1 aromatic heterocycles. The number of hydrogen-bond acceptors (Lipinski definition) is 3. The van der Waals surface area contributed by atoms with Crippen molar-refractivity contribution in [3.8, 4) is 0 Å². The monoisotopic (exact) mass is 290 g/mol. The van der Waals surface area contributed by atoms with Gasteiger partial charge in [-0.2, -0.15) is 5.10 Å². The summed E-state index contributed by atoms with van der Waals surface area (Å²) in [5.41, 5.74) is 1.76. The van der Waals surface area contributed by atoms with E-state index in [2.05, 4.69) is 36.1 Å². The fraction of sp³-hybridized carbons (Fsp3) is 0.750. The van der Waals surface area contributed by atoms with E-state index in [9.17, 15) is 4.79 Å². The molecule has 0 radical (unpaired) electrons. The van der Waals surface area contributed by atoms with E-state index in [1.165, 1.54) is 18.5 Å². The van der Waals surface area contributed by atoms with E-state index >= 15 is 0 Å². The molecular formula is C16H26N4O. The van der Waals surface area contributed by atoms with Gasteiger partial charge in [-0.15, -0.1) is 0 Å². The van der Waals surface area contributed by atoms with Crippen molar-refractivity contribution in [2.45, 2.75) is 51.6 Å². The number of amides is 1. The van der Waals surface area contributed by atoms with Gasteiger partial charge in [0.25, 0.3) is 5.91 Å². The molecule has 2 aliphatic rings. The minimum Gasteiger partial charge on any atom is -0.346 e. The molecule has 1 amide bonds. The van der Waals surface area contributed by atoms with Gasteiger partial charge < -0.3 is 5.32 Å². The van der Waals surface area contributed by atoms with Gasteiger partial charge in [0.05, 0.1) is 0 Å². The molecule has 2 fully saturated rings. The molecule has 1 aliphatic carbocycles. The van der Waals surface area contributed by atoms with Gasteiger partial charge in [0.1, 0.15) is 5.69 Å². The zero-order valence-corrected chi connectivity index (χ0v) is 13.5. The standard InChI is InChI=1S/C16H26N4O/c1-10(2)20-8-11(3)14(9-20)17-16(21)13-7-15(12-5-6-12)19(4)18-13/h7,10-12,14H,5-6,8-9H2,1-4H3,(H,17,21). The van der Waals surface area contributed by atoms with Gasteiger partial charge in [-0.1, -0.05) is 6.92 Å². The van der Waals surface area contributed by atoms with E-state index in [1.54, 1.807) is 0 Å². The first kappa shape index (κ1) is 14.6. The highest BCUT2D eigenvalue weighted by Gasteiger charge is 2.33. The van der Waals surface area contributed by atoms with Crippen molar-refractivity contribution in [1.82, 2.24) is 20.0 Å². The zero-order chi connectivity index (χ0) is 15.1. The van der Waals surface area contributed by atoms with Gasteiger partial charge in [-0.3, -0.25) is 14.4 Å².